The normalized spacial score (nSPS) is 41.3. The van der Waals surface area contributed by atoms with Crippen LogP contribution in [-0.2, 0) is 4.79 Å². The lowest BCUT2D eigenvalue weighted by molar-refractivity contribution is -0.147. The fourth-order valence-corrected chi connectivity index (χ4v) is 5.50. The average Bonchev–Trinajstić information content (AvgIpc) is 2.36. The summed E-state index contributed by atoms with van der Waals surface area (Å²) >= 11 is 5.83. The Morgan fingerprint density at radius 3 is 2.16 bits per heavy atom. The molecule has 0 heterocycles. The lowest BCUT2D eigenvalue weighted by atomic mass is 9.49. The van der Waals surface area contributed by atoms with E-state index < -0.39 is 0 Å². The van der Waals surface area contributed by atoms with Crippen LogP contribution in [0.5, 0.6) is 0 Å². The third kappa shape index (κ3) is 2.53. The molecule has 1 unspecified atom stereocenters. The molecular formula is C16H26ClNO. The summed E-state index contributed by atoms with van der Waals surface area (Å²) in [6.07, 6.45) is 9.54. The molecule has 0 aliphatic heterocycles. The van der Waals surface area contributed by atoms with Crippen LogP contribution in [0.15, 0.2) is 0 Å². The van der Waals surface area contributed by atoms with Crippen molar-refractivity contribution in [1.82, 2.24) is 5.32 Å². The molecule has 4 aliphatic rings. The third-order valence-corrected chi connectivity index (χ3v) is 6.02. The van der Waals surface area contributed by atoms with Gasteiger partial charge in [0, 0.05) is 17.3 Å². The molecule has 2 nitrogen and oxygen atoms in total. The lowest BCUT2D eigenvalue weighted by Crippen LogP contribution is -2.55. The summed E-state index contributed by atoms with van der Waals surface area (Å²) in [6.45, 7) is 2.14. The van der Waals surface area contributed by atoms with Crippen LogP contribution in [0.3, 0.4) is 0 Å². The fraction of sp³-hybridized carbons (Fsp3) is 0.938. The molecule has 4 aliphatic carbocycles. The smallest absolute Gasteiger partial charge is 0.226 e. The van der Waals surface area contributed by atoms with E-state index in [1.54, 1.807) is 0 Å². The van der Waals surface area contributed by atoms with Gasteiger partial charge in [-0.2, -0.15) is 0 Å². The molecular weight excluding hydrogens is 258 g/mol. The number of alkyl halides is 1. The molecule has 4 saturated carbocycles. The first kappa shape index (κ1) is 13.7. The van der Waals surface area contributed by atoms with Crippen molar-refractivity contribution in [3.05, 3.63) is 0 Å². The summed E-state index contributed by atoms with van der Waals surface area (Å²) in [7, 11) is 0. The predicted octanol–water partition coefficient (Wildman–Crippen LogP) is 3.73. The molecule has 19 heavy (non-hydrogen) atoms. The number of halogens is 1. The largest absolute Gasteiger partial charge is 0.353 e. The molecule has 4 rings (SSSR count). The molecule has 3 heteroatoms. The third-order valence-electron chi connectivity index (χ3n) is 5.81. The van der Waals surface area contributed by atoms with E-state index in [0.29, 0.717) is 11.8 Å². The van der Waals surface area contributed by atoms with Crippen molar-refractivity contribution in [2.75, 3.05) is 5.88 Å². The van der Waals surface area contributed by atoms with Gasteiger partial charge in [0.2, 0.25) is 5.91 Å². The Kier molecular flexibility index (Phi) is 3.81. The van der Waals surface area contributed by atoms with Crippen LogP contribution in [0.2, 0.25) is 0 Å². The van der Waals surface area contributed by atoms with Crippen LogP contribution < -0.4 is 5.32 Å². The van der Waals surface area contributed by atoms with Gasteiger partial charge in [-0.15, -0.1) is 11.6 Å². The predicted molar refractivity (Wildman–Crippen MR) is 78.2 cm³/mol. The average molecular weight is 284 g/mol. The zero-order valence-electron chi connectivity index (χ0n) is 12.0. The van der Waals surface area contributed by atoms with Crippen LogP contribution >= 0.6 is 11.6 Å². The van der Waals surface area contributed by atoms with Crippen LogP contribution in [0.1, 0.15) is 58.3 Å². The van der Waals surface area contributed by atoms with Crippen molar-refractivity contribution in [3.8, 4) is 0 Å². The van der Waals surface area contributed by atoms with Gasteiger partial charge in [0.1, 0.15) is 0 Å². The molecule has 1 N–H and O–H groups in total. The summed E-state index contributed by atoms with van der Waals surface area (Å²) in [6, 6.07) is 0.276. The van der Waals surface area contributed by atoms with Crippen molar-refractivity contribution < 1.29 is 4.79 Å². The van der Waals surface area contributed by atoms with Crippen molar-refractivity contribution in [2.24, 2.45) is 23.2 Å². The Labute approximate surface area is 121 Å². The minimum absolute atomic E-state index is 0.00547. The van der Waals surface area contributed by atoms with E-state index in [1.165, 1.54) is 19.3 Å². The molecule has 108 valence electrons. The summed E-state index contributed by atoms with van der Waals surface area (Å²) in [5, 5.41) is 3.30. The summed E-state index contributed by atoms with van der Waals surface area (Å²) < 4.78 is 0. The number of carbonyl (C=O) groups is 1. The van der Waals surface area contributed by atoms with E-state index in [1.807, 2.05) is 0 Å². The fourth-order valence-electron chi connectivity index (χ4n) is 5.24. The van der Waals surface area contributed by atoms with E-state index >= 15 is 0 Å². The Morgan fingerprint density at radius 1 is 1.21 bits per heavy atom. The molecule has 0 aromatic heterocycles. The number of hydrogen-bond donors (Lipinski definition) is 1. The Morgan fingerprint density at radius 2 is 1.74 bits per heavy atom. The van der Waals surface area contributed by atoms with Crippen LogP contribution in [-0.4, -0.2) is 17.8 Å². The highest BCUT2D eigenvalue weighted by atomic mass is 35.5. The van der Waals surface area contributed by atoms with Gasteiger partial charge in [-0.05, 0) is 69.1 Å². The van der Waals surface area contributed by atoms with Crippen LogP contribution in [0, 0.1) is 23.2 Å². The van der Waals surface area contributed by atoms with Crippen molar-refractivity contribution in [2.45, 2.75) is 64.3 Å². The van der Waals surface area contributed by atoms with E-state index in [2.05, 4.69) is 12.2 Å². The molecule has 0 radical (unpaired) electrons. The maximum Gasteiger partial charge on any atom is 0.226 e. The standard InChI is InChI=1S/C16H26ClNO/c1-2-14(3-4-17)18-15(19)16-8-11-5-12(9-16)7-13(6-11)10-16/h11-14H,2-10H2,1H3,(H,18,19). The highest BCUT2D eigenvalue weighted by Gasteiger charge is 2.54. The van der Waals surface area contributed by atoms with Gasteiger partial charge >= 0.3 is 0 Å². The first-order valence-electron chi connectivity index (χ1n) is 8.02. The molecule has 1 amide bonds. The summed E-state index contributed by atoms with van der Waals surface area (Å²) in [5.41, 5.74) is -0.00547. The minimum atomic E-state index is -0.00547. The molecule has 0 aromatic carbocycles. The van der Waals surface area contributed by atoms with E-state index in [-0.39, 0.29) is 11.5 Å². The Hall–Kier alpha value is -0.240. The Balaban J connectivity index is 1.69. The topological polar surface area (TPSA) is 29.1 Å². The summed E-state index contributed by atoms with van der Waals surface area (Å²) in [4.78, 5) is 12.8. The SMILES string of the molecule is CCC(CCCl)NC(=O)C12CC3CC(CC(C3)C1)C2. The number of hydrogen-bond acceptors (Lipinski definition) is 1. The quantitative estimate of drug-likeness (QED) is 0.766. The zero-order valence-corrected chi connectivity index (χ0v) is 12.7. The van der Waals surface area contributed by atoms with Gasteiger partial charge in [-0.3, -0.25) is 4.79 Å². The van der Waals surface area contributed by atoms with Crippen LogP contribution in [0.25, 0.3) is 0 Å². The second-order valence-electron chi connectivity index (χ2n) is 7.25. The molecule has 4 bridgehead atoms. The van der Waals surface area contributed by atoms with E-state index in [9.17, 15) is 4.79 Å². The highest BCUT2D eigenvalue weighted by molar-refractivity contribution is 6.17. The Bertz CT molecular complexity index is 319. The number of rotatable bonds is 5. The van der Waals surface area contributed by atoms with Crippen molar-refractivity contribution in [3.63, 3.8) is 0 Å². The van der Waals surface area contributed by atoms with Gasteiger partial charge in [-0.1, -0.05) is 6.92 Å². The number of nitrogens with one attached hydrogen (secondary N) is 1. The molecule has 0 saturated heterocycles. The molecule has 4 fully saturated rings. The minimum Gasteiger partial charge on any atom is -0.353 e. The van der Waals surface area contributed by atoms with Crippen molar-refractivity contribution in [1.29, 1.82) is 0 Å². The van der Waals surface area contributed by atoms with Crippen molar-refractivity contribution >= 4 is 17.5 Å². The van der Waals surface area contributed by atoms with Crippen LogP contribution in [0.4, 0.5) is 0 Å². The van der Waals surface area contributed by atoms with Gasteiger partial charge in [0.05, 0.1) is 0 Å². The van der Waals surface area contributed by atoms with Gasteiger partial charge in [-0.25, -0.2) is 0 Å². The second-order valence-corrected chi connectivity index (χ2v) is 7.63. The second kappa shape index (κ2) is 5.27. The van der Waals surface area contributed by atoms with E-state index in [0.717, 1.165) is 49.9 Å². The summed E-state index contributed by atoms with van der Waals surface area (Å²) in [5.74, 6) is 3.50. The molecule has 0 spiro atoms. The highest BCUT2D eigenvalue weighted by Crippen LogP contribution is 2.60. The zero-order chi connectivity index (χ0) is 13.5. The van der Waals surface area contributed by atoms with E-state index in [4.69, 9.17) is 11.6 Å². The van der Waals surface area contributed by atoms with Gasteiger partial charge in [0.15, 0.2) is 0 Å². The molecule has 0 aromatic rings. The maximum atomic E-state index is 12.8. The van der Waals surface area contributed by atoms with Gasteiger partial charge in [0.25, 0.3) is 0 Å². The lowest BCUT2D eigenvalue weighted by Gasteiger charge is -2.55. The number of carbonyl (C=O) groups excluding carboxylic acids is 1. The molecule has 1 atom stereocenters. The first-order valence-corrected chi connectivity index (χ1v) is 8.55. The van der Waals surface area contributed by atoms with Gasteiger partial charge < -0.3 is 5.32 Å². The monoisotopic (exact) mass is 283 g/mol. The number of amides is 1. The first-order chi connectivity index (χ1) is 9.15. The maximum absolute atomic E-state index is 12.8.